The van der Waals surface area contributed by atoms with Gasteiger partial charge < -0.3 is 15.5 Å². The molecule has 0 bridgehead atoms. The minimum Gasteiger partial charge on any atom is -0.370 e. The molecule has 27 heavy (non-hydrogen) atoms. The van der Waals surface area contributed by atoms with E-state index in [4.69, 9.17) is 0 Å². The van der Waals surface area contributed by atoms with Gasteiger partial charge in [-0.1, -0.05) is 43.2 Å². The lowest BCUT2D eigenvalue weighted by molar-refractivity contribution is -0.117. The quantitative estimate of drug-likeness (QED) is 0.847. The molecule has 1 aliphatic rings. The molecule has 1 fully saturated rings. The molecule has 0 aromatic heterocycles. The summed E-state index contributed by atoms with van der Waals surface area (Å²) in [6.07, 6.45) is 4.86. The molecule has 1 heterocycles. The van der Waals surface area contributed by atoms with Crippen molar-refractivity contribution in [2.24, 2.45) is 0 Å². The van der Waals surface area contributed by atoms with Gasteiger partial charge in [-0.15, -0.1) is 0 Å². The Balaban J connectivity index is 1.66. The van der Waals surface area contributed by atoms with Crippen molar-refractivity contribution in [2.75, 3.05) is 23.3 Å². The number of carbonyl (C=O) groups is 2. The molecule has 0 spiro atoms. The molecule has 2 aromatic carbocycles. The standard InChI is InChI=1S/C22H27N3O2/c1-17(23-22(27)18-11-5-4-6-12-18)21(26)24-19-13-7-8-14-20(19)25-15-9-2-3-10-16-25/h4-8,11-14,17H,2-3,9-10,15-16H2,1H3,(H,23,27)(H,24,26). The first-order valence-electron chi connectivity index (χ1n) is 9.66. The van der Waals surface area contributed by atoms with Gasteiger partial charge in [0.25, 0.3) is 5.91 Å². The van der Waals surface area contributed by atoms with E-state index in [1.165, 1.54) is 25.7 Å². The third-order valence-corrected chi connectivity index (χ3v) is 4.89. The Bertz CT molecular complexity index is 768. The molecule has 5 heteroatoms. The van der Waals surface area contributed by atoms with Crippen LogP contribution in [0.4, 0.5) is 11.4 Å². The Hall–Kier alpha value is -2.82. The molecular weight excluding hydrogens is 338 g/mol. The summed E-state index contributed by atoms with van der Waals surface area (Å²) in [7, 11) is 0. The van der Waals surface area contributed by atoms with Crippen LogP contribution in [-0.2, 0) is 4.79 Å². The third kappa shape index (κ3) is 5.09. The maximum Gasteiger partial charge on any atom is 0.251 e. The van der Waals surface area contributed by atoms with Crippen molar-refractivity contribution in [3.05, 3.63) is 60.2 Å². The van der Waals surface area contributed by atoms with Crippen molar-refractivity contribution in [1.82, 2.24) is 5.32 Å². The van der Waals surface area contributed by atoms with E-state index in [2.05, 4.69) is 15.5 Å². The monoisotopic (exact) mass is 365 g/mol. The molecule has 1 aliphatic heterocycles. The molecule has 1 unspecified atom stereocenters. The van der Waals surface area contributed by atoms with Gasteiger partial charge in [-0.3, -0.25) is 9.59 Å². The highest BCUT2D eigenvalue weighted by atomic mass is 16.2. The lowest BCUT2D eigenvalue weighted by Gasteiger charge is -2.26. The molecule has 2 N–H and O–H groups in total. The molecule has 0 aliphatic carbocycles. The summed E-state index contributed by atoms with van der Waals surface area (Å²) in [5, 5.41) is 5.75. The van der Waals surface area contributed by atoms with Crippen molar-refractivity contribution in [1.29, 1.82) is 0 Å². The molecule has 0 radical (unpaired) electrons. The van der Waals surface area contributed by atoms with Crippen molar-refractivity contribution < 1.29 is 9.59 Å². The number of carbonyl (C=O) groups excluding carboxylic acids is 2. The van der Waals surface area contributed by atoms with Crippen LogP contribution in [0.1, 0.15) is 43.0 Å². The predicted molar refractivity (Wildman–Crippen MR) is 109 cm³/mol. The topological polar surface area (TPSA) is 61.4 Å². The molecule has 1 atom stereocenters. The zero-order valence-electron chi connectivity index (χ0n) is 15.8. The number of amides is 2. The molecule has 2 amide bonds. The summed E-state index contributed by atoms with van der Waals surface area (Å²) < 4.78 is 0. The van der Waals surface area contributed by atoms with E-state index in [1.54, 1.807) is 31.2 Å². The summed E-state index contributed by atoms with van der Waals surface area (Å²) in [5.41, 5.74) is 2.39. The number of benzene rings is 2. The van der Waals surface area contributed by atoms with Crippen LogP contribution in [0, 0.1) is 0 Å². The Kier molecular flexibility index (Phi) is 6.47. The number of hydrogen-bond donors (Lipinski definition) is 2. The van der Waals surface area contributed by atoms with Crippen molar-refractivity contribution in [3.8, 4) is 0 Å². The van der Waals surface area contributed by atoms with Gasteiger partial charge in [0.2, 0.25) is 5.91 Å². The van der Waals surface area contributed by atoms with Crippen LogP contribution in [0.25, 0.3) is 0 Å². The zero-order valence-corrected chi connectivity index (χ0v) is 15.8. The zero-order chi connectivity index (χ0) is 19.1. The number of hydrogen-bond acceptors (Lipinski definition) is 3. The van der Waals surface area contributed by atoms with E-state index >= 15 is 0 Å². The van der Waals surface area contributed by atoms with E-state index in [9.17, 15) is 9.59 Å². The first-order valence-corrected chi connectivity index (χ1v) is 9.66. The Labute approximate surface area is 160 Å². The molecular formula is C22H27N3O2. The average molecular weight is 365 g/mol. The molecule has 1 saturated heterocycles. The molecule has 5 nitrogen and oxygen atoms in total. The van der Waals surface area contributed by atoms with Crippen LogP contribution < -0.4 is 15.5 Å². The predicted octanol–water partition coefficient (Wildman–Crippen LogP) is 3.82. The normalized spacial score (nSPS) is 15.5. The van der Waals surface area contributed by atoms with Gasteiger partial charge in [0.15, 0.2) is 0 Å². The number of rotatable bonds is 5. The Morgan fingerprint density at radius 3 is 2.22 bits per heavy atom. The van der Waals surface area contributed by atoms with Crippen LogP contribution in [-0.4, -0.2) is 30.9 Å². The number of nitrogens with zero attached hydrogens (tertiary/aromatic N) is 1. The number of para-hydroxylation sites is 2. The average Bonchev–Trinajstić information content (AvgIpc) is 2.98. The van der Waals surface area contributed by atoms with Crippen LogP contribution in [0.2, 0.25) is 0 Å². The fourth-order valence-corrected chi connectivity index (χ4v) is 3.34. The lowest BCUT2D eigenvalue weighted by atomic mass is 10.2. The minimum atomic E-state index is -0.630. The third-order valence-electron chi connectivity index (χ3n) is 4.89. The highest BCUT2D eigenvalue weighted by Gasteiger charge is 2.19. The largest absolute Gasteiger partial charge is 0.370 e. The highest BCUT2D eigenvalue weighted by molar-refractivity contribution is 6.02. The number of nitrogens with one attached hydrogen (secondary N) is 2. The summed E-state index contributed by atoms with van der Waals surface area (Å²) in [4.78, 5) is 27.2. The smallest absolute Gasteiger partial charge is 0.251 e. The van der Waals surface area contributed by atoms with E-state index < -0.39 is 6.04 Å². The summed E-state index contributed by atoms with van der Waals surface area (Å²) >= 11 is 0. The maximum atomic E-state index is 12.6. The molecule has 2 aromatic rings. The molecule has 3 rings (SSSR count). The fraction of sp³-hybridized carbons (Fsp3) is 0.364. The van der Waals surface area contributed by atoms with Crippen LogP contribution >= 0.6 is 0 Å². The van der Waals surface area contributed by atoms with Crippen LogP contribution in [0.15, 0.2) is 54.6 Å². The summed E-state index contributed by atoms with van der Waals surface area (Å²) in [6, 6.07) is 16.2. The van der Waals surface area contributed by atoms with E-state index in [0.29, 0.717) is 5.56 Å². The van der Waals surface area contributed by atoms with E-state index in [1.807, 2.05) is 30.3 Å². The highest BCUT2D eigenvalue weighted by Crippen LogP contribution is 2.28. The van der Waals surface area contributed by atoms with Crippen molar-refractivity contribution >= 4 is 23.2 Å². The van der Waals surface area contributed by atoms with Gasteiger partial charge in [0.05, 0.1) is 11.4 Å². The summed E-state index contributed by atoms with van der Waals surface area (Å²) in [5.74, 6) is -0.472. The van der Waals surface area contributed by atoms with Crippen molar-refractivity contribution in [2.45, 2.75) is 38.6 Å². The minimum absolute atomic E-state index is 0.221. The lowest BCUT2D eigenvalue weighted by Crippen LogP contribution is -2.41. The molecule has 0 saturated carbocycles. The van der Waals surface area contributed by atoms with Crippen LogP contribution in [0.3, 0.4) is 0 Å². The summed E-state index contributed by atoms with van der Waals surface area (Å²) in [6.45, 7) is 3.71. The second-order valence-corrected chi connectivity index (χ2v) is 6.97. The van der Waals surface area contributed by atoms with Gasteiger partial charge in [-0.2, -0.15) is 0 Å². The van der Waals surface area contributed by atoms with Crippen molar-refractivity contribution in [3.63, 3.8) is 0 Å². The second kappa shape index (κ2) is 9.21. The Morgan fingerprint density at radius 2 is 1.52 bits per heavy atom. The first-order chi connectivity index (χ1) is 13.1. The van der Waals surface area contributed by atoms with Gasteiger partial charge in [-0.05, 0) is 44.0 Å². The first kappa shape index (κ1) is 19.0. The SMILES string of the molecule is CC(NC(=O)c1ccccc1)C(=O)Nc1ccccc1N1CCCCCC1. The van der Waals surface area contributed by atoms with Gasteiger partial charge in [0, 0.05) is 18.7 Å². The maximum absolute atomic E-state index is 12.6. The van der Waals surface area contributed by atoms with Gasteiger partial charge >= 0.3 is 0 Å². The van der Waals surface area contributed by atoms with E-state index in [0.717, 1.165) is 24.5 Å². The number of anilines is 2. The Morgan fingerprint density at radius 1 is 0.889 bits per heavy atom. The van der Waals surface area contributed by atoms with E-state index in [-0.39, 0.29) is 11.8 Å². The molecule has 142 valence electrons. The van der Waals surface area contributed by atoms with Crippen LogP contribution in [0.5, 0.6) is 0 Å². The van der Waals surface area contributed by atoms with Gasteiger partial charge in [0.1, 0.15) is 6.04 Å². The van der Waals surface area contributed by atoms with Gasteiger partial charge in [-0.25, -0.2) is 0 Å². The second-order valence-electron chi connectivity index (χ2n) is 6.97. The fourth-order valence-electron chi connectivity index (χ4n) is 3.34.